The van der Waals surface area contributed by atoms with Gasteiger partial charge in [-0.2, -0.15) is 4.62 Å². The summed E-state index contributed by atoms with van der Waals surface area (Å²) in [7, 11) is -3.75. The van der Waals surface area contributed by atoms with E-state index >= 15 is 0 Å². The van der Waals surface area contributed by atoms with Crippen LogP contribution in [0.15, 0.2) is 18.2 Å². The molecule has 0 atom stereocenters. The molecule has 0 spiro atoms. The van der Waals surface area contributed by atoms with E-state index in [9.17, 15) is 9.36 Å². The van der Waals surface area contributed by atoms with Gasteiger partial charge in [0.2, 0.25) is 0 Å². The fourth-order valence-electron chi connectivity index (χ4n) is 1.67. The minimum Gasteiger partial charge on any atom is -0.286 e. The quantitative estimate of drug-likeness (QED) is 0.618. The first kappa shape index (κ1) is 16.9. The maximum Gasteiger partial charge on any atom is 0.496 e. The second kappa shape index (κ2) is 7.55. The van der Waals surface area contributed by atoms with Crippen LogP contribution < -0.4 is 5.48 Å². The zero-order chi connectivity index (χ0) is 15.2. The second-order valence-corrected chi connectivity index (χ2v) is 5.78. The lowest BCUT2D eigenvalue weighted by Crippen LogP contribution is -2.23. The maximum absolute atomic E-state index is 12.0. The normalized spacial score (nSPS) is 11.4. The van der Waals surface area contributed by atoms with E-state index in [0.717, 1.165) is 11.1 Å². The highest BCUT2D eigenvalue weighted by Crippen LogP contribution is 2.48. The summed E-state index contributed by atoms with van der Waals surface area (Å²) < 4.78 is 26.6. The summed E-state index contributed by atoms with van der Waals surface area (Å²) in [6.45, 7) is 7.38. The monoisotopic (exact) mass is 301 g/mol. The van der Waals surface area contributed by atoms with E-state index in [4.69, 9.17) is 13.7 Å². The molecule has 0 aliphatic heterocycles. The summed E-state index contributed by atoms with van der Waals surface area (Å²) in [6, 6.07) is 5.36. The fourth-order valence-corrected chi connectivity index (χ4v) is 2.68. The first-order valence-corrected chi connectivity index (χ1v) is 7.82. The Balaban J connectivity index is 2.72. The van der Waals surface area contributed by atoms with Gasteiger partial charge < -0.3 is 0 Å². The average Bonchev–Trinajstić information content (AvgIpc) is 2.35. The molecule has 20 heavy (non-hydrogen) atoms. The van der Waals surface area contributed by atoms with Crippen molar-refractivity contribution in [1.29, 1.82) is 0 Å². The SMILES string of the molecule is CCOP(=O)(OCC)ONC(=O)c1cc(C)cc(C)c1. The molecule has 1 aromatic carbocycles. The van der Waals surface area contributed by atoms with Crippen molar-refractivity contribution >= 4 is 13.7 Å². The topological polar surface area (TPSA) is 73.9 Å². The van der Waals surface area contributed by atoms with E-state index in [1.54, 1.807) is 26.0 Å². The van der Waals surface area contributed by atoms with Crippen LogP contribution in [0.3, 0.4) is 0 Å². The van der Waals surface area contributed by atoms with E-state index in [2.05, 4.69) is 5.48 Å². The van der Waals surface area contributed by atoms with Gasteiger partial charge in [-0.15, -0.1) is 0 Å². The van der Waals surface area contributed by atoms with Crippen LogP contribution >= 0.6 is 7.82 Å². The van der Waals surface area contributed by atoms with Gasteiger partial charge in [-0.1, -0.05) is 17.2 Å². The third kappa shape index (κ3) is 5.06. The van der Waals surface area contributed by atoms with Gasteiger partial charge in [0.15, 0.2) is 0 Å². The van der Waals surface area contributed by atoms with Gasteiger partial charge in [-0.05, 0) is 39.8 Å². The lowest BCUT2D eigenvalue weighted by atomic mass is 10.1. The molecule has 0 aliphatic carbocycles. The van der Waals surface area contributed by atoms with Crippen LogP contribution in [0.25, 0.3) is 0 Å². The smallest absolute Gasteiger partial charge is 0.286 e. The van der Waals surface area contributed by atoms with Crippen molar-refractivity contribution in [3.63, 3.8) is 0 Å². The fraction of sp³-hybridized carbons (Fsp3) is 0.462. The number of phosphoric ester groups is 1. The van der Waals surface area contributed by atoms with Crippen molar-refractivity contribution < 1.29 is 23.0 Å². The Morgan fingerprint density at radius 1 is 1.10 bits per heavy atom. The third-order valence-corrected chi connectivity index (χ3v) is 3.77. The molecular formula is C13H20NO5P. The standard InChI is InChI=1S/C13H20NO5P/c1-5-17-20(16,18-6-2)19-14-13(15)12-8-10(3)7-11(4)9-12/h7-9H,5-6H2,1-4H3,(H,14,15). The van der Waals surface area contributed by atoms with Crippen LogP contribution in [0.4, 0.5) is 0 Å². The van der Waals surface area contributed by atoms with Crippen molar-refractivity contribution in [2.45, 2.75) is 27.7 Å². The van der Waals surface area contributed by atoms with Crippen LogP contribution in [0.2, 0.25) is 0 Å². The Bertz CT molecular complexity index is 487. The number of hydrogen-bond donors (Lipinski definition) is 1. The summed E-state index contributed by atoms with van der Waals surface area (Å²) in [4.78, 5) is 11.9. The molecule has 7 heteroatoms. The molecule has 1 rings (SSSR count). The number of benzene rings is 1. The number of rotatable bonds is 7. The third-order valence-electron chi connectivity index (χ3n) is 2.31. The molecular weight excluding hydrogens is 281 g/mol. The van der Waals surface area contributed by atoms with Crippen molar-refractivity contribution in [1.82, 2.24) is 5.48 Å². The van der Waals surface area contributed by atoms with Gasteiger partial charge in [-0.25, -0.2) is 10.0 Å². The number of hydrogen-bond acceptors (Lipinski definition) is 5. The molecule has 0 aromatic heterocycles. The first-order valence-electron chi connectivity index (χ1n) is 6.36. The highest BCUT2D eigenvalue weighted by atomic mass is 31.2. The summed E-state index contributed by atoms with van der Waals surface area (Å²) in [6.07, 6.45) is 0. The number of nitrogens with one attached hydrogen (secondary N) is 1. The average molecular weight is 301 g/mol. The lowest BCUT2D eigenvalue weighted by molar-refractivity contribution is 0.0539. The van der Waals surface area contributed by atoms with E-state index in [1.807, 2.05) is 19.9 Å². The van der Waals surface area contributed by atoms with E-state index in [1.165, 1.54) is 0 Å². The zero-order valence-electron chi connectivity index (χ0n) is 12.1. The number of hydroxylamine groups is 1. The number of phosphoric acid groups is 1. The first-order chi connectivity index (χ1) is 9.40. The van der Waals surface area contributed by atoms with Crippen LogP contribution in [0.5, 0.6) is 0 Å². The Morgan fingerprint density at radius 3 is 2.05 bits per heavy atom. The van der Waals surface area contributed by atoms with Crippen LogP contribution in [0, 0.1) is 13.8 Å². The summed E-state index contributed by atoms with van der Waals surface area (Å²) in [5.74, 6) is -0.503. The van der Waals surface area contributed by atoms with Gasteiger partial charge in [0.25, 0.3) is 5.91 Å². The number of carbonyl (C=O) groups excluding carboxylic acids is 1. The number of amides is 1. The molecule has 0 radical (unpaired) electrons. The maximum atomic E-state index is 12.0. The van der Waals surface area contributed by atoms with Crippen LogP contribution in [-0.2, 0) is 18.2 Å². The van der Waals surface area contributed by atoms with E-state index in [0.29, 0.717) is 5.56 Å². The van der Waals surface area contributed by atoms with Gasteiger partial charge >= 0.3 is 7.82 Å². The predicted octanol–water partition coefficient (Wildman–Crippen LogP) is 3.15. The molecule has 0 fully saturated rings. The van der Waals surface area contributed by atoms with Gasteiger partial charge in [0.1, 0.15) is 0 Å². The minimum atomic E-state index is -3.75. The van der Waals surface area contributed by atoms with Crippen molar-refractivity contribution in [2.75, 3.05) is 13.2 Å². The highest BCUT2D eigenvalue weighted by Gasteiger charge is 2.27. The van der Waals surface area contributed by atoms with E-state index < -0.39 is 13.7 Å². The van der Waals surface area contributed by atoms with Crippen molar-refractivity contribution in [3.05, 3.63) is 34.9 Å². The number of aryl methyl sites for hydroxylation is 2. The predicted molar refractivity (Wildman–Crippen MR) is 75.3 cm³/mol. The lowest BCUT2D eigenvalue weighted by Gasteiger charge is -2.16. The van der Waals surface area contributed by atoms with Crippen molar-refractivity contribution in [3.8, 4) is 0 Å². The molecule has 0 saturated carbocycles. The largest absolute Gasteiger partial charge is 0.496 e. The van der Waals surface area contributed by atoms with Crippen LogP contribution in [0.1, 0.15) is 35.3 Å². The van der Waals surface area contributed by atoms with Gasteiger partial charge in [0, 0.05) is 5.56 Å². The molecule has 112 valence electrons. The Labute approximate surface area is 119 Å². The Kier molecular flexibility index (Phi) is 6.36. The molecule has 1 amide bonds. The molecule has 1 N–H and O–H groups in total. The summed E-state index contributed by atoms with van der Waals surface area (Å²) >= 11 is 0. The molecule has 0 heterocycles. The summed E-state index contributed by atoms with van der Waals surface area (Å²) in [5.41, 5.74) is 4.43. The molecule has 0 bridgehead atoms. The summed E-state index contributed by atoms with van der Waals surface area (Å²) in [5, 5.41) is 0. The van der Waals surface area contributed by atoms with Gasteiger partial charge in [0.05, 0.1) is 13.2 Å². The van der Waals surface area contributed by atoms with E-state index in [-0.39, 0.29) is 13.2 Å². The molecule has 0 unspecified atom stereocenters. The second-order valence-electron chi connectivity index (χ2n) is 4.18. The molecule has 6 nitrogen and oxygen atoms in total. The van der Waals surface area contributed by atoms with Crippen molar-refractivity contribution in [2.24, 2.45) is 0 Å². The Hall–Kier alpha value is -1.20. The molecule has 1 aromatic rings. The molecule has 0 aliphatic rings. The van der Waals surface area contributed by atoms with Gasteiger partial charge in [-0.3, -0.25) is 13.8 Å². The molecule has 0 saturated heterocycles. The number of carbonyl (C=O) groups is 1. The van der Waals surface area contributed by atoms with Crippen LogP contribution in [-0.4, -0.2) is 19.1 Å². The minimum absolute atomic E-state index is 0.150. The zero-order valence-corrected chi connectivity index (χ0v) is 13.0. The highest BCUT2D eigenvalue weighted by molar-refractivity contribution is 7.48. The Morgan fingerprint density at radius 2 is 1.60 bits per heavy atom.